The van der Waals surface area contributed by atoms with E-state index in [0.29, 0.717) is 0 Å². The molecule has 0 saturated carbocycles. The molecule has 3 N–H and O–H groups in total. The maximum absolute atomic E-state index is 14.4. The first-order valence-corrected chi connectivity index (χ1v) is 24.5. The quantitative estimate of drug-likeness (QED) is 0.0127. The summed E-state index contributed by atoms with van der Waals surface area (Å²) in [4.78, 5) is 66.4. The van der Waals surface area contributed by atoms with Crippen LogP contribution in [0.2, 0.25) is 0 Å². The number of anilines is 1. The minimum absolute atomic E-state index is 0.0462. The number of nitrogens with zero attached hydrogens (tertiary/aromatic N) is 5. The number of methoxy groups -OCH3 is 1. The Morgan fingerprint density at radius 3 is 2.21 bits per heavy atom. The van der Waals surface area contributed by atoms with Gasteiger partial charge in [-0.05, 0) is 63.7 Å². The summed E-state index contributed by atoms with van der Waals surface area (Å²) >= 11 is 0. The first-order valence-electron chi connectivity index (χ1n) is 22.9. The highest BCUT2D eigenvalue weighted by atomic mass is 32.2. The zero-order valence-electron chi connectivity index (χ0n) is 41.6. The van der Waals surface area contributed by atoms with E-state index in [1.807, 2.05) is 99.8 Å². The highest BCUT2D eigenvalue weighted by molar-refractivity contribution is 7.85. The van der Waals surface area contributed by atoms with E-state index in [0.717, 1.165) is 52.1 Å². The van der Waals surface area contributed by atoms with Crippen molar-refractivity contribution in [2.75, 3.05) is 58.7 Å². The Labute approximate surface area is 421 Å². The highest BCUT2D eigenvalue weighted by Gasteiger charge is 2.47. The fourth-order valence-electron chi connectivity index (χ4n) is 9.27. The highest BCUT2D eigenvalue weighted by Crippen LogP contribution is 2.48. The van der Waals surface area contributed by atoms with Gasteiger partial charge < -0.3 is 34.5 Å². The molecule has 3 aliphatic rings. The molecule has 2 atom stereocenters. The van der Waals surface area contributed by atoms with Crippen LogP contribution in [-0.2, 0) is 35.3 Å². The Morgan fingerprint density at radius 1 is 0.932 bits per heavy atom. The van der Waals surface area contributed by atoms with Crippen LogP contribution in [0.3, 0.4) is 0 Å². The van der Waals surface area contributed by atoms with Gasteiger partial charge >= 0.3 is 6.16 Å². The molecule has 7 rings (SSSR count). The van der Waals surface area contributed by atoms with Crippen molar-refractivity contribution in [3.05, 3.63) is 157 Å². The second-order valence-electron chi connectivity index (χ2n) is 18.8. The predicted molar refractivity (Wildman–Crippen MR) is 269 cm³/mol. The Morgan fingerprint density at radius 2 is 1.59 bits per heavy atom. The maximum atomic E-state index is 14.4. The summed E-state index contributed by atoms with van der Waals surface area (Å²) in [7, 11) is 1.95. The summed E-state index contributed by atoms with van der Waals surface area (Å²) in [6.45, 7) is 9.40. The molecular formula is C51H56N7O14S+. The number of non-ortho nitro benzene ring substituents is 1. The normalized spacial score (nSPS) is 17.5. The van der Waals surface area contributed by atoms with Gasteiger partial charge in [0, 0.05) is 72.3 Å². The van der Waals surface area contributed by atoms with Gasteiger partial charge in [0.2, 0.25) is 11.6 Å². The molecule has 4 aromatic carbocycles. The van der Waals surface area contributed by atoms with Gasteiger partial charge in [0.05, 0.1) is 45.3 Å². The Balaban J connectivity index is 1.07. The molecule has 0 spiro atoms. The van der Waals surface area contributed by atoms with E-state index >= 15 is 0 Å². The molecule has 0 fully saturated rings. The van der Waals surface area contributed by atoms with Crippen LogP contribution in [0, 0.1) is 20.2 Å². The van der Waals surface area contributed by atoms with Crippen LogP contribution in [0.25, 0.3) is 0 Å². The van der Waals surface area contributed by atoms with Crippen molar-refractivity contribution in [2.24, 2.45) is 0 Å². The lowest BCUT2D eigenvalue weighted by Crippen LogP contribution is -2.51. The van der Waals surface area contributed by atoms with Gasteiger partial charge in [-0.15, -0.1) is 0 Å². The maximum Gasteiger partial charge on any atom is 0.514 e. The average Bonchev–Trinajstić information content (AvgIpc) is 3.65. The number of benzene rings is 4. The van der Waals surface area contributed by atoms with E-state index in [9.17, 15) is 47.6 Å². The Hall–Kier alpha value is -7.95. The van der Waals surface area contributed by atoms with E-state index in [2.05, 4.69) is 10.6 Å². The number of Topliss-reactive ketones (excluding diaryl/α,β-unsaturated/α-hetero) is 1. The summed E-state index contributed by atoms with van der Waals surface area (Å²) in [5, 5.41) is 28.9. The number of hydrogen-bond donors (Lipinski definition) is 3. The molecule has 21 nitrogen and oxygen atoms in total. The number of ketones is 1. The van der Waals surface area contributed by atoms with Crippen molar-refractivity contribution in [2.45, 2.75) is 57.6 Å². The number of carbonyl (C=O) groups is 3. The monoisotopic (exact) mass is 1020 g/mol. The molecule has 1 aliphatic carbocycles. The number of nitro benzene ring substituents is 2. The third-order valence-electron chi connectivity index (χ3n) is 13.2. The fourth-order valence-corrected chi connectivity index (χ4v) is 9.92. The van der Waals surface area contributed by atoms with E-state index in [1.54, 1.807) is 24.1 Å². The predicted octanol–water partition coefficient (Wildman–Crippen LogP) is 6.80. The molecule has 0 saturated heterocycles. The number of para-hydroxylation sites is 2. The Kier molecular flexibility index (Phi) is 15.0. The number of amides is 1. The SMILES string of the molecule is COc1cc(C(C)OC(=O)Oc2ccc([N+](=O)[O-])cc2)c([N+](=O)[O-])cc1OCN(C)CCNC(=O)C(CS(=O)(=O)O)NC1=C(/C=C2/N(C)c3ccccc3C2(C)C)C(=O)/C1=C\C1=[N+](C)c2ccccc2C1(C)C. The second-order valence-corrected chi connectivity index (χ2v) is 20.3. The van der Waals surface area contributed by atoms with Gasteiger partial charge in [-0.25, -0.2) is 4.79 Å². The number of nitro groups is 2. The van der Waals surface area contributed by atoms with Crippen LogP contribution in [-0.4, -0.2) is 116 Å². The summed E-state index contributed by atoms with van der Waals surface area (Å²) in [6, 6.07) is 21.2. The molecule has 22 heteroatoms. The molecule has 2 unspecified atom stereocenters. The summed E-state index contributed by atoms with van der Waals surface area (Å²) in [5.41, 5.74) is 4.42. The van der Waals surface area contributed by atoms with E-state index in [1.165, 1.54) is 32.2 Å². The lowest BCUT2D eigenvalue weighted by Gasteiger charge is -2.31. The number of carbonyl (C=O) groups excluding carboxylic acids is 3. The number of nitrogens with one attached hydrogen (secondary N) is 2. The van der Waals surface area contributed by atoms with Gasteiger partial charge in [-0.1, -0.05) is 50.2 Å². The summed E-state index contributed by atoms with van der Waals surface area (Å²) in [5.74, 6) is -2.21. The first-order chi connectivity index (χ1) is 34.3. The zero-order chi connectivity index (χ0) is 53.3. The lowest BCUT2D eigenvalue weighted by molar-refractivity contribution is -0.401. The minimum Gasteiger partial charge on any atom is -0.493 e. The molecule has 0 bridgehead atoms. The molecule has 0 aromatic heterocycles. The Bertz CT molecular complexity index is 3160. The van der Waals surface area contributed by atoms with Gasteiger partial charge in [-0.2, -0.15) is 13.0 Å². The number of ether oxygens (including phenoxy) is 4. The summed E-state index contributed by atoms with van der Waals surface area (Å²) < 4.78 is 58.9. The number of fused-ring (bicyclic) bond motifs is 2. The minimum atomic E-state index is -4.77. The van der Waals surface area contributed by atoms with E-state index in [-0.39, 0.29) is 70.9 Å². The van der Waals surface area contributed by atoms with Crippen LogP contribution < -0.4 is 29.7 Å². The van der Waals surface area contributed by atoms with Crippen LogP contribution in [0.4, 0.5) is 27.5 Å². The van der Waals surface area contributed by atoms with E-state index < -0.39 is 66.4 Å². The van der Waals surface area contributed by atoms with Crippen molar-refractivity contribution < 1.29 is 60.7 Å². The molecule has 1 amide bonds. The third kappa shape index (κ3) is 11.0. The van der Waals surface area contributed by atoms with Crippen LogP contribution in [0.5, 0.6) is 17.2 Å². The standard InChI is InChI=1S/C51H55N7O14S/c1-30(71-49(61)72-32-20-18-31(19-21-32)57(62)63)33-24-42(69-9)43(27-41(33)58(64)65)70-29-54(6)23-22-52-48(60)38(28-73(66,67)68)53-46-34(25-44-50(2,3)36-14-10-12-16-39(36)55(44)7)47(59)35(46)26-45-51(4,5)37-15-11-13-17-40(37)56(45)8/h10-21,24-27,30,38H,22-23,28-29H2,1-9H3,(H2-,52,53,59,60,66,67,68)/p+1. The molecule has 2 heterocycles. The molecule has 384 valence electrons. The lowest BCUT2D eigenvalue weighted by atomic mass is 9.77. The number of hydrogen-bond acceptors (Lipinski definition) is 16. The topological polar surface area (TPSA) is 262 Å². The molecule has 0 radical (unpaired) electrons. The van der Waals surface area contributed by atoms with Crippen molar-refractivity contribution in [1.82, 2.24) is 15.5 Å². The van der Waals surface area contributed by atoms with Gasteiger partial charge in [0.1, 0.15) is 37.4 Å². The van der Waals surface area contributed by atoms with Crippen LogP contribution in [0.1, 0.15) is 57.4 Å². The van der Waals surface area contributed by atoms with Crippen LogP contribution >= 0.6 is 0 Å². The number of rotatable bonds is 19. The number of allylic oxidation sites excluding steroid dienone is 5. The molecular weight excluding hydrogens is 967 g/mol. The first kappa shape index (κ1) is 52.9. The fraction of sp³-hybridized carbons (Fsp3) is 0.333. The van der Waals surface area contributed by atoms with Crippen molar-refractivity contribution in [3.8, 4) is 17.2 Å². The third-order valence-corrected chi connectivity index (χ3v) is 13.9. The second kappa shape index (κ2) is 20.6. The molecule has 73 heavy (non-hydrogen) atoms. The van der Waals surface area contributed by atoms with Crippen molar-refractivity contribution in [3.63, 3.8) is 0 Å². The van der Waals surface area contributed by atoms with E-state index in [4.69, 9.17) is 18.9 Å². The van der Waals surface area contributed by atoms with Gasteiger partial charge in [-0.3, -0.25) is 39.3 Å². The van der Waals surface area contributed by atoms with Crippen molar-refractivity contribution >= 4 is 56.4 Å². The van der Waals surface area contributed by atoms with Gasteiger partial charge in [0.25, 0.3) is 21.5 Å². The number of likely N-dealkylation sites (N-methyl/N-ethyl adjacent to an activating group) is 2. The zero-order valence-corrected chi connectivity index (χ0v) is 42.4. The molecule has 4 aromatic rings. The summed E-state index contributed by atoms with van der Waals surface area (Å²) in [6.07, 6.45) is 1.06. The molecule has 2 aliphatic heterocycles. The average molecular weight is 1020 g/mol. The van der Waals surface area contributed by atoms with Gasteiger partial charge in [0.15, 0.2) is 23.0 Å². The largest absolute Gasteiger partial charge is 0.514 e. The smallest absolute Gasteiger partial charge is 0.493 e. The van der Waals surface area contributed by atoms with Crippen LogP contribution in [0.15, 0.2) is 120 Å². The van der Waals surface area contributed by atoms with Crippen molar-refractivity contribution in [1.29, 1.82) is 0 Å².